The molecule has 1 unspecified atom stereocenters. The summed E-state index contributed by atoms with van der Waals surface area (Å²) >= 11 is 0. The lowest BCUT2D eigenvalue weighted by Gasteiger charge is -2.39. The maximum atomic E-state index is 13.5. The van der Waals surface area contributed by atoms with E-state index in [0.29, 0.717) is 65.3 Å². The Morgan fingerprint density at radius 2 is 1.28 bits per heavy atom. The summed E-state index contributed by atoms with van der Waals surface area (Å²) < 4.78 is 0. The summed E-state index contributed by atoms with van der Waals surface area (Å²) in [5, 5.41) is 17.1. The molecule has 298 valence electrons. The largest absolute Gasteiger partial charge is 0.508 e. The monoisotopic (exact) mass is 773 g/mol. The number of nitrogens with zero attached hydrogens (tertiary/aromatic N) is 1. The van der Waals surface area contributed by atoms with Crippen molar-refractivity contribution >= 4 is 23.2 Å². The van der Waals surface area contributed by atoms with Gasteiger partial charge in [0.2, 0.25) is 5.91 Å². The van der Waals surface area contributed by atoms with Gasteiger partial charge in [-0.1, -0.05) is 55.1 Å². The summed E-state index contributed by atoms with van der Waals surface area (Å²) in [6, 6.07) is 31.4. The second-order valence-corrected chi connectivity index (χ2v) is 18.3. The average Bonchev–Trinajstić information content (AvgIpc) is 3.77. The van der Waals surface area contributed by atoms with Gasteiger partial charge in [-0.15, -0.1) is 0 Å². The van der Waals surface area contributed by atoms with Gasteiger partial charge in [0.05, 0.1) is 11.8 Å². The molecule has 3 atom stereocenters. The number of aryl methyl sites for hydroxylation is 1. The zero-order chi connectivity index (χ0) is 39.5. The molecule has 58 heavy (non-hydrogen) atoms. The molecule has 3 N–H and O–H groups in total. The van der Waals surface area contributed by atoms with Crippen molar-refractivity contribution in [2.75, 3.05) is 18.0 Å². The molecule has 7 nitrogen and oxygen atoms in total. The molecule has 1 amide bonds. The second kappa shape index (κ2) is 15.3. The lowest BCUT2D eigenvalue weighted by molar-refractivity contribution is -0.126. The van der Waals surface area contributed by atoms with Gasteiger partial charge in [-0.3, -0.25) is 14.4 Å². The van der Waals surface area contributed by atoms with Gasteiger partial charge >= 0.3 is 0 Å². The summed E-state index contributed by atoms with van der Waals surface area (Å²) in [7, 11) is 0. The minimum absolute atomic E-state index is 0.171. The third-order valence-electron chi connectivity index (χ3n) is 15.0. The molecule has 0 spiro atoms. The summed E-state index contributed by atoms with van der Waals surface area (Å²) in [5.74, 6) is 0.175. The first-order valence-corrected chi connectivity index (χ1v) is 22.0. The van der Waals surface area contributed by atoms with Crippen LogP contribution in [0.2, 0.25) is 0 Å². The van der Waals surface area contributed by atoms with Crippen molar-refractivity contribution in [3.8, 4) is 5.75 Å². The van der Waals surface area contributed by atoms with E-state index in [-0.39, 0.29) is 23.4 Å². The summed E-state index contributed by atoms with van der Waals surface area (Å²) in [4.78, 5) is 42.3. The van der Waals surface area contributed by atoms with Gasteiger partial charge in [0.15, 0.2) is 11.6 Å². The normalized spacial score (nSPS) is 26.7. The molecule has 7 heteroatoms. The highest BCUT2D eigenvalue weighted by atomic mass is 16.3. The number of aromatic hydroxyl groups is 1. The van der Waals surface area contributed by atoms with E-state index in [1.165, 1.54) is 64.8 Å². The second-order valence-electron chi connectivity index (χ2n) is 18.3. The van der Waals surface area contributed by atoms with Gasteiger partial charge in [-0.2, -0.15) is 0 Å². The Balaban J connectivity index is 0.716. The summed E-state index contributed by atoms with van der Waals surface area (Å²) in [6.45, 7) is 5.97. The Kier molecular flexibility index (Phi) is 9.83. The topological polar surface area (TPSA) is 98.7 Å². The minimum atomic E-state index is -0.889. The first-order valence-electron chi connectivity index (χ1n) is 22.0. The fraction of sp³-hybridized carbons (Fsp3) is 0.431. The SMILES string of the molecule is C=C1CCC(C2C(=O)c3cc4c(cc3C2=O)CC(C2CCC(NC3CCN(c5ccc([C@@H]6c7ccc(O)cc7CC[C@@H]6c6ccccc6)cc5)CC3)CC2)C4)C(=O)N1. The maximum Gasteiger partial charge on any atom is 0.228 e. The highest BCUT2D eigenvalue weighted by Gasteiger charge is 2.48. The molecule has 2 heterocycles. The van der Waals surface area contributed by atoms with E-state index >= 15 is 0 Å². The van der Waals surface area contributed by atoms with Crippen LogP contribution in [0.5, 0.6) is 5.75 Å². The summed E-state index contributed by atoms with van der Waals surface area (Å²) in [6.07, 6.45) is 12.3. The van der Waals surface area contributed by atoms with E-state index in [4.69, 9.17) is 0 Å². The zero-order valence-electron chi connectivity index (χ0n) is 33.4. The molecule has 2 saturated heterocycles. The van der Waals surface area contributed by atoms with Crippen LogP contribution in [0.3, 0.4) is 0 Å². The van der Waals surface area contributed by atoms with Crippen molar-refractivity contribution in [2.45, 2.75) is 101 Å². The number of hydrogen-bond acceptors (Lipinski definition) is 6. The van der Waals surface area contributed by atoms with Gasteiger partial charge in [0, 0.05) is 53.6 Å². The number of hydrogen-bond donors (Lipinski definition) is 3. The maximum absolute atomic E-state index is 13.5. The lowest BCUT2D eigenvalue weighted by Crippen LogP contribution is -2.47. The average molecular weight is 774 g/mol. The standard InChI is InChI=1S/C51H55N3O4/c1-30-7-18-44(51(58)52-30)48-49(56)45-28-36-25-35(26-37(36)29-46(45)50(48)57)31-8-13-38(14-9-31)53-39-21-23-54(24-22-39)40-15-10-33(11-16-40)47-42(32-5-3-2-4-6-32)19-12-34-27-41(55)17-20-43(34)47/h2-6,10-11,15-17,20,27-29,31,35,38-39,42,44,47-48,53,55H,1,7-9,12-14,18-19,21-26H2,(H,52,58)/t31?,35?,38?,42-,44?,47+,48?/m1/s1. The van der Waals surface area contributed by atoms with Crippen LogP contribution < -0.4 is 15.5 Å². The van der Waals surface area contributed by atoms with E-state index in [2.05, 4.69) is 82.8 Å². The third kappa shape index (κ3) is 6.89. The van der Waals surface area contributed by atoms with Crippen molar-refractivity contribution in [3.05, 3.63) is 142 Å². The number of allylic oxidation sites excluding steroid dienone is 1. The smallest absolute Gasteiger partial charge is 0.228 e. The number of phenols is 1. The zero-order valence-corrected chi connectivity index (χ0v) is 33.4. The highest BCUT2D eigenvalue weighted by molar-refractivity contribution is 6.28. The molecule has 4 aromatic rings. The number of amides is 1. The van der Waals surface area contributed by atoms with Crippen LogP contribution in [0, 0.1) is 23.7 Å². The van der Waals surface area contributed by atoms with Crippen molar-refractivity contribution in [3.63, 3.8) is 0 Å². The van der Waals surface area contributed by atoms with Crippen LogP contribution in [0.4, 0.5) is 5.69 Å². The lowest BCUT2D eigenvalue weighted by atomic mass is 9.69. The third-order valence-corrected chi connectivity index (χ3v) is 15.0. The molecule has 0 radical (unpaired) electrons. The predicted molar refractivity (Wildman–Crippen MR) is 228 cm³/mol. The molecule has 10 rings (SSSR count). The van der Waals surface area contributed by atoms with Gasteiger partial charge < -0.3 is 20.6 Å². The van der Waals surface area contributed by atoms with Crippen molar-refractivity contribution in [1.82, 2.24) is 10.6 Å². The van der Waals surface area contributed by atoms with Gasteiger partial charge in [-0.25, -0.2) is 0 Å². The molecule has 0 bridgehead atoms. The number of rotatable bonds is 7. The first-order chi connectivity index (χ1) is 28.3. The van der Waals surface area contributed by atoms with Gasteiger partial charge in [0.25, 0.3) is 0 Å². The molecule has 1 saturated carbocycles. The van der Waals surface area contributed by atoms with Crippen LogP contribution in [-0.4, -0.2) is 47.8 Å². The molecule has 2 aliphatic heterocycles. The Bertz CT molecular complexity index is 2200. The number of fused-ring (bicyclic) bond motifs is 3. The minimum Gasteiger partial charge on any atom is -0.508 e. The fourth-order valence-electron chi connectivity index (χ4n) is 11.9. The number of piperidine rings is 2. The van der Waals surface area contributed by atoms with Crippen LogP contribution in [0.1, 0.15) is 124 Å². The number of Topliss-reactive ketones (excluding diaryl/α,β-unsaturated/α-hetero) is 2. The molecule has 4 aromatic carbocycles. The van der Waals surface area contributed by atoms with Gasteiger partial charge in [-0.05, 0) is 165 Å². The van der Waals surface area contributed by atoms with Crippen LogP contribution in [-0.2, 0) is 24.1 Å². The fourth-order valence-corrected chi connectivity index (χ4v) is 11.9. The molecule has 0 aromatic heterocycles. The Hall–Kier alpha value is -5.01. The number of anilines is 1. The van der Waals surface area contributed by atoms with Crippen LogP contribution >= 0.6 is 0 Å². The van der Waals surface area contributed by atoms with E-state index in [1.807, 2.05) is 24.3 Å². The molecular formula is C51H55N3O4. The van der Waals surface area contributed by atoms with Crippen LogP contribution in [0.25, 0.3) is 0 Å². The molecule has 6 aliphatic rings. The molecule has 3 fully saturated rings. The Labute approximate surface area is 342 Å². The Morgan fingerprint density at radius 3 is 1.95 bits per heavy atom. The van der Waals surface area contributed by atoms with E-state index < -0.39 is 11.8 Å². The van der Waals surface area contributed by atoms with Crippen molar-refractivity contribution < 1.29 is 19.5 Å². The van der Waals surface area contributed by atoms with Crippen LogP contribution in [0.15, 0.2) is 97.2 Å². The van der Waals surface area contributed by atoms with E-state index in [1.54, 1.807) is 0 Å². The number of carbonyl (C=O) groups excluding carboxylic acids is 3. The summed E-state index contributed by atoms with van der Waals surface area (Å²) in [5.41, 5.74) is 10.8. The van der Waals surface area contributed by atoms with Gasteiger partial charge in [0.1, 0.15) is 5.75 Å². The highest BCUT2D eigenvalue weighted by Crippen LogP contribution is 2.48. The molecular weight excluding hydrogens is 719 g/mol. The molecule has 4 aliphatic carbocycles. The van der Waals surface area contributed by atoms with E-state index in [9.17, 15) is 19.5 Å². The number of benzene rings is 4. The quantitative estimate of drug-likeness (QED) is 0.163. The van der Waals surface area contributed by atoms with Crippen molar-refractivity contribution in [1.29, 1.82) is 0 Å². The number of phenolic OH excluding ortho intramolecular Hbond substituents is 1. The number of nitrogens with one attached hydrogen (secondary N) is 2. The number of carbonyl (C=O) groups is 3. The first kappa shape index (κ1) is 37.3. The van der Waals surface area contributed by atoms with E-state index in [0.717, 1.165) is 51.6 Å². The van der Waals surface area contributed by atoms with Crippen molar-refractivity contribution in [2.24, 2.45) is 23.7 Å². The Morgan fingerprint density at radius 1 is 0.621 bits per heavy atom. The number of ketones is 2. The predicted octanol–water partition coefficient (Wildman–Crippen LogP) is 8.82.